The van der Waals surface area contributed by atoms with E-state index < -0.39 is 0 Å². The van der Waals surface area contributed by atoms with Gasteiger partial charge in [0.15, 0.2) is 5.78 Å². The van der Waals surface area contributed by atoms with E-state index in [0.717, 1.165) is 22.4 Å². The van der Waals surface area contributed by atoms with Crippen LogP contribution >= 0.6 is 0 Å². The third-order valence-electron chi connectivity index (χ3n) is 4.13. The number of hydrogen-bond acceptors (Lipinski definition) is 3. The van der Waals surface area contributed by atoms with Crippen molar-refractivity contribution in [1.82, 2.24) is 10.2 Å². The summed E-state index contributed by atoms with van der Waals surface area (Å²) in [6, 6.07) is 15.3. The molecule has 0 saturated heterocycles. The van der Waals surface area contributed by atoms with Crippen molar-refractivity contribution in [3.8, 4) is 22.5 Å². The van der Waals surface area contributed by atoms with Gasteiger partial charge in [0, 0.05) is 23.1 Å². The van der Waals surface area contributed by atoms with Crippen LogP contribution in [-0.2, 0) is 11.2 Å². The minimum atomic E-state index is -0.0561. The zero-order chi connectivity index (χ0) is 16.0. The highest BCUT2D eigenvalue weighted by molar-refractivity contribution is 6.24. The number of carbonyl (C=O) groups is 2. The Bertz CT molecular complexity index is 939. The summed E-state index contributed by atoms with van der Waals surface area (Å²) in [5, 5.41) is 7.33. The Labute approximate surface area is 133 Å². The first-order chi connectivity index (χ1) is 11.2. The zero-order valence-corrected chi connectivity index (χ0v) is 12.6. The smallest absolute Gasteiger partial charge is 0.198 e. The number of aromatic nitrogens is 2. The van der Waals surface area contributed by atoms with E-state index in [2.05, 4.69) is 10.2 Å². The van der Waals surface area contributed by atoms with Crippen LogP contribution in [0.15, 0.2) is 48.5 Å². The number of nitrogens with zero attached hydrogens (tertiary/aromatic N) is 1. The van der Waals surface area contributed by atoms with E-state index in [9.17, 15) is 9.59 Å². The lowest BCUT2D eigenvalue weighted by atomic mass is 9.97. The standard InChI is InChI=1S/C19H14N2O2/c1-11(22)10-13-8-5-9-14-15(13)19(23)16-17(20-21-18(14)16)12-6-3-2-4-7-12/h2-9H,10H2,1H3,(H,20,21). The molecule has 0 spiro atoms. The molecule has 0 fully saturated rings. The Morgan fingerprint density at radius 2 is 1.83 bits per heavy atom. The molecule has 3 aromatic rings. The normalized spacial score (nSPS) is 12.1. The maximum absolute atomic E-state index is 13.0. The first-order valence-corrected chi connectivity index (χ1v) is 7.47. The van der Waals surface area contributed by atoms with E-state index >= 15 is 0 Å². The van der Waals surface area contributed by atoms with Crippen LogP contribution in [0.3, 0.4) is 0 Å². The van der Waals surface area contributed by atoms with Crippen LogP contribution in [0.5, 0.6) is 0 Å². The van der Waals surface area contributed by atoms with Crippen LogP contribution in [-0.4, -0.2) is 21.8 Å². The molecule has 4 heteroatoms. The molecule has 4 rings (SSSR count). The van der Waals surface area contributed by atoms with E-state index in [-0.39, 0.29) is 18.0 Å². The van der Waals surface area contributed by atoms with E-state index in [1.54, 1.807) is 0 Å². The molecule has 0 atom stereocenters. The summed E-state index contributed by atoms with van der Waals surface area (Å²) in [5.41, 5.74) is 5.15. The van der Waals surface area contributed by atoms with Gasteiger partial charge in [-0.05, 0) is 12.5 Å². The maximum atomic E-state index is 13.0. The fraction of sp³-hybridized carbons (Fsp3) is 0.105. The molecule has 1 aromatic heterocycles. The lowest BCUT2D eigenvalue weighted by Crippen LogP contribution is -2.06. The highest BCUT2D eigenvalue weighted by Crippen LogP contribution is 2.41. The van der Waals surface area contributed by atoms with Crippen molar-refractivity contribution < 1.29 is 9.59 Å². The van der Waals surface area contributed by atoms with Gasteiger partial charge in [-0.2, -0.15) is 5.10 Å². The van der Waals surface area contributed by atoms with Crippen molar-refractivity contribution in [2.75, 3.05) is 0 Å². The molecule has 0 amide bonds. The molecular formula is C19H14N2O2. The van der Waals surface area contributed by atoms with Crippen molar-refractivity contribution in [1.29, 1.82) is 0 Å². The summed E-state index contributed by atoms with van der Waals surface area (Å²) in [6.07, 6.45) is 0.271. The number of rotatable bonds is 3. The van der Waals surface area contributed by atoms with Gasteiger partial charge < -0.3 is 0 Å². The average molecular weight is 302 g/mol. The highest BCUT2D eigenvalue weighted by Gasteiger charge is 2.34. The SMILES string of the molecule is CC(=O)Cc1cccc2c1C(=O)c1c(-c3ccccc3)n[nH]c1-2. The topological polar surface area (TPSA) is 62.8 Å². The third kappa shape index (κ3) is 2.03. The number of hydrogen-bond donors (Lipinski definition) is 1. The molecule has 0 aliphatic heterocycles. The summed E-state index contributed by atoms with van der Waals surface area (Å²) in [6.45, 7) is 1.54. The number of ketones is 2. The van der Waals surface area contributed by atoms with Gasteiger partial charge in [0.25, 0.3) is 0 Å². The quantitative estimate of drug-likeness (QED) is 0.630. The summed E-state index contributed by atoms with van der Waals surface area (Å²) in [5.74, 6) is -0.0115. The molecule has 112 valence electrons. The number of H-pyrrole nitrogens is 1. The molecule has 0 unspecified atom stereocenters. The number of nitrogens with one attached hydrogen (secondary N) is 1. The van der Waals surface area contributed by atoms with Crippen molar-refractivity contribution in [3.63, 3.8) is 0 Å². The molecule has 1 N–H and O–H groups in total. The van der Waals surface area contributed by atoms with Crippen LogP contribution in [0, 0.1) is 0 Å². The summed E-state index contributed by atoms with van der Waals surface area (Å²) >= 11 is 0. The number of carbonyl (C=O) groups excluding carboxylic acids is 2. The molecule has 4 nitrogen and oxygen atoms in total. The van der Waals surface area contributed by atoms with Gasteiger partial charge >= 0.3 is 0 Å². The lowest BCUT2D eigenvalue weighted by Gasteiger charge is -2.06. The Balaban J connectivity index is 1.90. The van der Waals surface area contributed by atoms with Crippen molar-refractivity contribution >= 4 is 11.6 Å². The number of aromatic amines is 1. The van der Waals surface area contributed by atoms with Gasteiger partial charge in [0.1, 0.15) is 11.5 Å². The highest BCUT2D eigenvalue weighted by atomic mass is 16.1. The molecule has 0 saturated carbocycles. The molecule has 23 heavy (non-hydrogen) atoms. The molecular weight excluding hydrogens is 288 g/mol. The second kappa shape index (κ2) is 5.02. The van der Waals surface area contributed by atoms with Crippen LogP contribution in [0.4, 0.5) is 0 Å². The van der Waals surface area contributed by atoms with Crippen molar-refractivity contribution in [2.45, 2.75) is 13.3 Å². The van der Waals surface area contributed by atoms with Crippen molar-refractivity contribution in [2.24, 2.45) is 0 Å². The third-order valence-corrected chi connectivity index (χ3v) is 4.13. The molecule has 0 radical (unpaired) electrons. The van der Waals surface area contributed by atoms with Gasteiger partial charge in [-0.25, -0.2) is 0 Å². The fourth-order valence-electron chi connectivity index (χ4n) is 3.18. The van der Waals surface area contributed by atoms with E-state index in [1.165, 1.54) is 6.92 Å². The van der Waals surface area contributed by atoms with Gasteiger partial charge in [-0.3, -0.25) is 14.7 Å². The summed E-state index contributed by atoms with van der Waals surface area (Å²) in [4.78, 5) is 24.5. The fourth-order valence-corrected chi connectivity index (χ4v) is 3.18. The van der Waals surface area contributed by atoms with Crippen LogP contribution in [0.1, 0.15) is 28.4 Å². The Kier molecular flexibility index (Phi) is 2.98. The number of Topliss-reactive ketones (excluding diaryl/α,β-unsaturated/α-hetero) is 1. The van der Waals surface area contributed by atoms with Crippen LogP contribution in [0.2, 0.25) is 0 Å². The van der Waals surface area contributed by atoms with E-state index in [4.69, 9.17) is 0 Å². The van der Waals surface area contributed by atoms with Crippen LogP contribution < -0.4 is 0 Å². The van der Waals surface area contributed by atoms with E-state index in [1.807, 2.05) is 48.5 Å². The first-order valence-electron chi connectivity index (χ1n) is 7.47. The second-order valence-electron chi connectivity index (χ2n) is 5.74. The monoisotopic (exact) mass is 302 g/mol. The van der Waals surface area contributed by atoms with Crippen LogP contribution in [0.25, 0.3) is 22.5 Å². The minimum Gasteiger partial charge on any atom is -0.300 e. The summed E-state index contributed by atoms with van der Waals surface area (Å²) < 4.78 is 0. The lowest BCUT2D eigenvalue weighted by molar-refractivity contribution is -0.116. The first kappa shape index (κ1) is 13.6. The Hall–Kier alpha value is -3.01. The molecule has 0 bridgehead atoms. The Morgan fingerprint density at radius 1 is 1.04 bits per heavy atom. The van der Waals surface area contributed by atoms with E-state index in [0.29, 0.717) is 16.8 Å². The predicted octanol–water partition coefficient (Wildman–Crippen LogP) is 3.42. The minimum absolute atomic E-state index is 0.0446. The Morgan fingerprint density at radius 3 is 2.57 bits per heavy atom. The molecule has 1 heterocycles. The van der Waals surface area contributed by atoms with Gasteiger partial charge in [-0.1, -0.05) is 48.5 Å². The molecule has 1 aliphatic rings. The molecule has 1 aliphatic carbocycles. The molecule has 2 aromatic carbocycles. The maximum Gasteiger partial charge on any atom is 0.198 e. The van der Waals surface area contributed by atoms with Gasteiger partial charge in [0.2, 0.25) is 0 Å². The number of benzene rings is 2. The van der Waals surface area contributed by atoms with Crippen molar-refractivity contribution in [3.05, 3.63) is 65.2 Å². The summed E-state index contributed by atoms with van der Waals surface area (Å²) in [7, 11) is 0. The number of fused-ring (bicyclic) bond motifs is 3. The largest absolute Gasteiger partial charge is 0.300 e. The zero-order valence-electron chi connectivity index (χ0n) is 12.6. The van der Waals surface area contributed by atoms with Gasteiger partial charge in [0.05, 0.1) is 11.3 Å². The predicted molar refractivity (Wildman–Crippen MR) is 87.3 cm³/mol. The average Bonchev–Trinajstić information content (AvgIpc) is 3.09. The second-order valence-corrected chi connectivity index (χ2v) is 5.74. The van der Waals surface area contributed by atoms with Gasteiger partial charge in [-0.15, -0.1) is 0 Å².